The molecule has 0 atom stereocenters. The smallest absolute Gasteiger partial charge is 0.168 e. The number of aromatic nitrogens is 1. The minimum atomic E-state index is -0.980. The summed E-state index contributed by atoms with van der Waals surface area (Å²) >= 11 is 5.77. The van der Waals surface area contributed by atoms with Crippen LogP contribution in [0.15, 0.2) is 30.5 Å². The van der Waals surface area contributed by atoms with E-state index in [0.29, 0.717) is 10.6 Å². The molecule has 1 aromatic heterocycles. The lowest BCUT2D eigenvalue weighted by Gasteiger charge is -2.08. The van der Waals surface area contributed by atoms with E-state index in [9.17, 15) is 8.78 Å². The lowest BCUT2D eigenvalue weighted by molar-refractivity contribution is 0.511. The minimum Gasteiger partial charge on any atom is -0.254 e. The van der Waals surface area contributed by atoms with Crippen molar-refractivity contribution in [2.45, 2.75) is 6.42 Å². The number of nitriles is 1. The summed E-state index contributed by atoms with van der Waals surface area (Å²) in [7, 11) is 0. The molecule has 0 saturated carbocycles. The third kappa shape index (κ3) is 2.31. The zero-order valence-electron chi connectivity index (χ0n) is 9.12. The maximum Gasteiger partial charge on any atom is 0.168 e. The molecule has 0 unspecified atom stereocenters. The minimum absolute atomic E-state index is 0.0249. The van der Waals surface area contributed by atoms with Gasteiger partial charge in [0.1, 0.15) is 0 Å². The molecule has 2 aromatic rings. The quantitative estimate of drug-likeness (QED) is 0.828. The molecule has 0 saturated heterocycles. The Labute approximate surface area is 107 Å². The second kappa shape index (κ2) is 5.11. The van der Waals surface area contributed by atoms with Gasteiger partial charge < -0.3 is 0 Å². The molecule has 0 aliphatic carbocycles. The van der Waals surface area contributed by atoms with Crippen molar-refractivity contribution < 1.29 is 8.78 Å². The first-order valence-corrected chi connectivity index (χ1v) is 5.47. The molecule has 2 rings (SSSR count). The Morgan fingerprint density at radius 1 is 1.33 bits per heavy atom. The van der Waals surface area contributed by atoms with Gasteiger partial charge in [0.15, 0.2) is 11.6 Å². The Balaban J connectivity index is 2.64. The molecular formula is C13H7ClF2N2. The van der Waals surface area contributed by atoms with Gasteiger partial charge in [-0.05, 0) is 23.8 Å². The van der Waals surface area contributed by atoms with Crippen molar-refractivity contribution in [2.75, 3.05) is 0 Å². The van der Waals surface area contributed by atoms with Crippen molar-refractivity contribution in [2.24, 2.45) is 0 Å². The lowest BCUT2D eigenvalue weighted by Crippen LogP contribution is -1.96. The molecule has 0 spiro atoms. The fourth-order valence-electron chi connectivity index (χ4n) is 1.63. The summed E-state index contributed by atoms with van der Waals surface area (Å²) in [5.41, 5.74) is 0.726. The van der Waals surface area contributed by atoms with Gasteiger partial charge in [-0.1, -0.05) is 17.7 Å². The summed E-state index contributed by atoms with van der Waals surface area (Å²) in [4.78, 5) is 3.98. The molecule has 0 radical (unpaired) electrons. The van der Waals surface area contributed by atoms with Crippen LogP contribution in [-0.4, -0.2) is 4.98 Å². The zero-order valence-corrected chi connectivity index (χ0v) is 9.88. The summed E-state index contributed by atoms with van der Waals surface area (Å²) in [6.07, 6.45) is 1.36. The fourth-order valence-corrected chi connectivity index (χ4v) is 1.81. The highest BCUT2D eigenvalue weighted by molar-refractivity contribution is 6.30. The van der Waals surface area contributed by atoms with Gasteiger partial charge in [0.05, 0.1) is 23.2 Å². The van der Waals surface area contributed by atoms with E-state index in [1.54, 1.807) is 0 Å². The van der Waals surface area contributed by atoms with Crippen molar-refractivity contribution in [1.82, 2.24) is 4.98 Å². The summed E-state index contributed by atoms with van der Waals surface area (Å²) in [6, 6.07) is 7.29. The third-order valence-electron chi connectivity index (χ3n) is 2.41. The van der Waals surface area contributed by atoms with Gasteiger partial charge in [-0.15, -0.1) is 0 Å². The highest BCUT2D eigenvalue weighted by Gasteiger charge is 2.14. The number of rotatable bonds is 2. The van der Waals surface area contributed by atoms with E-state index in [2.05, 4.69) is 4.98 Å². The third-order valence-corrected chi connectivity index (χ3v) is 2.62. The van der Waals surface area contributed by atoms with Crippen LogP contribution < -0.4 is 0 Å². The van der Waals surface area contributed by atoms with Crippen LogP contribution in [0, 0.1) is 23.0 Å². The summed E-state index contributed by atoms with van der Waals surface area (Å²) in [5, 5.41) is 9.07. The number of hydrogen-bond acceptors (Lipinski definition) is 2. The molecule has 0 amide bonds. The first-order valence-electron chi connectivity index (χ1n) is 5.09. The first-order chi connectivity index (χ1) is 8.63. The van der Waals surface area contributed by atoms with Crippen LogP contribution in [-0.2, 0) is 6.42 Å². The van der Waals surface area contributed by atoms with Crippen LogP contribution in [0.3, 0.4) is 0 Å². The number of halogens is 3. The Kier molecular flexibility index (Phi) is 3.54. The van der Waals surface area contributed by atoms with Crippen LogP contribution in [0.4, 0.5) is 8.78 Å². The SMILES string of the molecule is N#CCc1cc(Cl)cnc1-c1cccc(F)c1F. The van der Waals surface area contributed by atoms with E-state index >= 15 is 0 Å². The molecule has 0 N–H and O–H groups in total. The molecule has 0 fully saturated rings. The van der Waals surface area contributed by atoms with Crippen molar-refractivity contribution in [3.8, 4) is 17.3 Å². The maximum absolute atomic E-state index is 13.7. The highest BCUT2D eigenvalue weighted by atomic mass is 35.5. The largest absolute Gasteiger partial charge is 0.254 e. The molecule has 0 aliphatic heterocycles. The standard InChI is InChI=1S/C13H7ClF2N2/c14-9-6-8(4-5-17)13(18-7-9)10-2-1-3-11(15)12(10)16/h1-3,6-7H,4H2. The second-order valence-electron chi connectivity index (χ2n) is 3.60. The first kappa shape index (κ1) is 12.5. The molecule has 0 bridgehead atoms. The molecule has 2 nitrogen and oxygen atoms in total. The van der Waals surface area contributed by atoms with Crippen LogP contribution >= 0.6 is 11.6 Å². The van der Waals surface area contributed by atoms with E-state index in [0.717, 1.165) is 6.07 Å². The van der Waals surface area contributed by atoms with E-state index in [1.165, 1.54) is 24.4 Å². The average molecular weight is 265 g/mol. The monoisotopic (exact) mass is 264 g/mol. The van der Waals surface area contributed by atoms with Crippen LogP contribution in [0.5, 0.6) is 0 Å². The summed E-state index contributed by atoms with van der Waals surface area (Å²) in [5.74, 6) is -1.93. The lowest BCUT2D eigenvalue weighted by atomic mass is 10.0. The second-order valence-corrected chi connectivity index (χ2v) is 4.03. The molecular weight excluding hydrogens is 258 g/mol. The fraction of sp³-hybridized carbons (Fsp3) is 0.0769. The Morgan fingerprint density at radius 3 is 2.83 bits per heavy atom. The van der Waals surface area contributed by atoms with E-state index in [1.807, 2.05) is 6.07 Å². The predicted octanol–water partition coefficient (Wildman–Crippen LogP) is 3.75. The van der Waals surface area contributed by atoms with Gasteiger partial charge in [-0.3, -0.25) is 4.98 Å². The van der Waals surface area contributed by atoms with E-state index in [-0.39, 0.29) is 17.7 Å². The Hall–Kier alpha value is -1.99. The topological polar surface area (TPSA) is 36.7 Å². The van der Waals surface area contributed by atoms with Gasteiger partial charge in [-0.2, -0.15) is 5.26 Å². The van der Waals surface area contributed by atoms with Gasteiger partial charge >= 0.3 is 0 Å². The molecule has 1 aromatic carbocycles. The van der Waals surface area contributed by atoms with Gasteiger partial charge in [-0.25, -0.2) is 8.78 Å². The van der Waals surface area contributed by atoms with Crippen LogP contribution in [0.1, 0.15) is 5.56 Å². The maximum atomic E-state index is 13.7. The van der Waals surface area contributed by atoms with Crippen LogP contribution in [0.2, 0.25) is 5.02 Å². The van der Waals surface area contributed by atoms with Gasteiger partial charge in [0.2, 0.25) is 0 Å². The van der Waals surface area contributed by atoms with E-state index < -0.39 is 11.6 Å². The Morgan fingerprint density at radius 2 is 2.11 bits per heavy atom. The zero-order chi connectivity index (χ0) is 13.1. The van der Waals surface area contributed by atoms with Crippen molar-refractivity contribution >= 4 is 11.6 Å². The number of benzene rings is 1. The summed E-state index contributed by atoms with van der Waals surface area (Å²) < 4.78 is 26.8. The molecule has 90 valence electrons. The number of nitrogens with zero attached hydrogens (tertiary/aromatic N) is 2. The molecule has 1 heterocycles. The van der Waals surface area contributed by atoms with Gasteiger partial charge in [0, 0.05) is 11.8 Å². The Bertz CT molecular complexity index is 635. The van der Waals surface area contributed by atoms with Crippen LogP contribution in [0.25, 0.3) is 11.3 Å². The predicted molar refractivity (Wildman–Crippen MR) is 63.9 cm³/mol. The molecule has 18 heavy (non-hydrogen) atoms. The van der Waals surface area contributed by atoms with Crippen molar-refractivity contribution in [3.05, 3.63) is 52.7 Å². The van der Waals surface area contributed by atoms with Gasteiger partial charge in [0.25, 0.3) is 0 Å². The molecule has 0 aliphatic rings. The number of pyridine rings is 1. The normalized spacial score (nSPS) is 10.1. The molecule has 5 heteroatoms. The van der Waals surface area contributed by atoms with Crippen molar-refractivity contribution in [1.29, 1.82) is 5.26 Å². The van der Waals surface area contributed by atoms with E-state index in [4.69, 9.17) is 16.9 Å². The average Bonchev–Trinajstić information content (AvgIpc) is 2.34. The summed E-state index contributed by atoms with van der Waals surface area (Å²) in [6.45, 7) is 0. The number of hydrogen-bond donors (Lipinski definition) is 0. The van der Waals surface area contributed by atoms with Crippen molar-refractivity contribution in [3.63, 3.8) is 0 Å². The highest BCUT2D eigenvalue weighted by Crippen LogP contribution is 2.27.